The van der Waals surface area contributed by atoms with E-state index in [0.29, 0.717) is 24.3 Å². The Morgan fingerprint density at radius 3 is 2.72 bits per heavy atom. The lowest BCUT2D eigenvalue weighted by Gasteiger charge is -2.25. The van der Waals surface area contributed by atoms with Gasteiger partial charge in [0.15, 0.2) is 5.11 Å². The third-order valence-electron chi connectivity index (χ3n) is 5.19. The average Bonchev–Trinajstić information content (AvgIpc) is 3.19. The summed E-state index contributed by atoms with van der Waals surface area (Å²) in [5.74, 6) is -0.518. The summed E-state index contributed by atoms with van der Waals surface area (Å²) in [5, 5.41) is 7.88. The monoisotopic (exact) mass is 493 g/mol. The minimum absolute atomic E-state index is 0.0181. The highest BCUT2D eigenvalue weighted by Crippen LogP contribution is 2.25. The van der Waals surface area contributed by atoms with Crippen LogP contribution in [0.5, 0.6) is 0 Å². The summed E-state index contributed by atoms with van der Waals surface area (Å²) in [4.78, 5) is 3.37. The van der Waals surface area contributed by atoms with Crippen molar-refractivity contribution in [1.29, 1.82) is 0 Å². The van der Waals surface area contributed by atoms with Gasteiger partial charge in [-0.25, -0.2) is 12.8 Å². The van der Waals surface area contributed by atoms with E-state index in [0.717, 1.165) is 30.2 Å². The number of anilines is 1. The normalized spacial score (nSPS) is 15.3. The maximum atomic E-state index is 13.3. The molecule has 0 aliphatic carbocycles. The van der Waals surface area contributed by atoms with Crippen LogP contribution in [0, 0.1) is 5.82 Å². The molecular formula is C21H21ClFN5O2S2. The van der Waals surface area contributed by atoms with E-state index in [-0.39, 0.29) is 15.0 Å². The van der Waals surface area contributed by atoms with Crippen molar-refractivity contribution < 1.29 is 12.8 Å². The van der Waals surface area contributed by atoms with E-state index >= 15 is 0 Å². The molecule has 0 saturated carbocycles. The van der Waals surface area contributed by atoms with Crippen molar-refractivity contribution in [3.63, 3.8) is 0 Å². The van der Waals surface area contributed by atoms with Gasteiger partial charge in [0.1, 0.15) is 5.82 Å². The average molecular weight is 494 g/mol. The Balaban J connectivity index is 1.48. The lowest BCUT2D eigenvalue weighted by molar-refractivity contribution is 0.346. The predicted molar refractivity (Wildman–Crippen MR) is 129 cm³/mol. The zero-order valence-electron chi connectivity index (χ0n) is 16.9. The van der Waals surface area contributed by atoms with Gasteiger partial charge < -0.3 is 10.3 Å². The molecule has 0 unspecified atom stereocenters. The first-order valence-corrected chi connectivity index (χ1v) is 12.2. The van der Waals surface area contributed by atoms with Gasteiger partial charge >= 0.3 is 0 Å². The van der Waals surface area contributed by atoms with E-state index in [9.17, 15) is 12.8 Å². The van der Waals surface area contributed by atoms with Crippen molar-refractivity contribution in [3.8, 4) is 0 Å². The SMILES string of the molecule is O=S(=O)(c1ccc2[nH]cc(/C=N\NC(=S)Nc3ccc(F)c(Cl)c3)c2c1)N1CCCCC1. The van der Waals surface area contributed by atoms with Crippen LogP contribution >= 0.6 is 23.8 Å². The maximum absolute atomic E-state index is 13.3. The second-order valence-corrected chi connectivity index (χ2v) is 10.1. The van der Waals surface area contributed by atoms with Gasteiger partial charge in [0.25, 0.3) is 0 Å². The number of aromatic amines is 1. The first kappa shape index (κ1) is 22.7. The molecule has 4 rings (SSSR count). The molecule has 11 heteroatoms. The van der Waals surface area contributed by atoms with Gasteiger partial charge in [-0.2, -0.15) is 9.41 Å². The number of sulfonamides is 1. The van der Waals surface area contributed by atoms with Crippen LogP contribution in [0.1, 0.15) is 24.8 Å². The lowest BCUT2D eigenvalue weighted by Crippen LogP contribution is -2.35. The van der Waals surface area contributed by atoms with Gasteiger partial charge in [-0.15, -0.1) is 0 Å². The Bertz CT molecular complexity index is 1290. The van der Waals surface area contributed by atoms with Crippen molar-refractivity contribution >= 4 is 61.8 Å². The number of thiocarbonyl (C=S) groups is 1. The first-order chi connectivity index (χ1) is 15.3. The maximum Gasteiger partial charge on any atom is 0.243 e. The van der Waals surface area contributed by atoms with Crippen LogP contribution < -0.4 is 10.7 Å². The number of piperidine rings is 1. The third kappa shape index (κ3) is 4.93. The van der Waals surface area contributed by atoms with Crippen molar-refractivity contribution in [2.75, 3.05) is 18.4 Å². The number of nitrogens with one attached hydrogen (secondary N) is 3. The van der Waals surface area contributed by atoms with E-state index in [2.05, 4.69) is 20.8 Å². The Labute approximate surface area is 195 Å². The van der Waals surface area contributed by atoms with Gasteiger partial charge in [-0.1, -0.05) is 18.0 Å². The fourth-order valence-electron chi connectivity index (χ4n) is 3.54. The summed E-state index contributed by atoms with van der Waals surface area (Å²) in [5.41, 5.74) is 4.70. The second-order valence-electron chi connectivity index (χ2n) is 7.37. The predicted octanol–water partition coefficient (Wildman–Crippen LogP) is 4.46. The standard InChI is InChI=1S/C21H21ClFN5O2S2/c22-18-10-15(4-6-19(18)23)26-21(31)27-25-13-14-12-24-20-7-5-16(11-17(14)20)32(29,30)28-8-2-1-3-9-28/h4-7,10-13,24H,1-3,8-9H2,(H2,26,27,31)/b25-13-. The van der Waals surface area contributed by atoms with Crippen molar-refractivity contribution in [1.82, 2.24) is 14.7 Å². The summed E-state index contributed by atoms with van der Waals surface area (Å²) >= 11 is 10.9. The van der Waals surface area contributed by atoms with Crippen LogP contribution in [0.3, 0.4) is 0 Å². The van der Waals surface area contributed by atoms with Crippen LogP contribution in [0.25, 0.3) is 10.9 Å². The second kappa shape index (κ2) is 9.53. The van der Waals surface area contributed by atoms with Gasteiger partial charge in [0.05, 0.1) is 16.1 Å². The van der Waals surface area contributed by atoms with Gasteiger partial charge in [0.2, 0.25) is 10.0 Å². The van der Waals surface area contributed by atoms with E-state index < -0.39 is 15.8 Å². The van der Waals surface area contributed by atoms with Gasteiger partial charge in [-0.3, -0.25) is 5.43 Å². The molecule has 0 radical (unpaired) electrons. The molecule has 2 heterocycles. The number of nitrogens with zero attached hydrogens (tertiary/aromatic N) is 2. The van der Waals surface area contributed by atoms with Crippen LogP contribution in [0.2, 0.25) is 5.02 Å². The molecule has 0 spiro atoms. The Kier molecular flexibility index (Phi) is 6.75. The zero-order chi connectivity index (χ0) is 22.7. The van der Waals surface area contributed by atoms with Crippen LogP contribution in [0.15, 0.2) is 52.6 Å². The molecule has 1 aliphatic heterocycles. The molecule has 0 atom stereocenters. The number of hydrazone groups is 1. The Morgan fingerprint density at radius 1 is 1.19 bits per heavy atom. The Morgan fingerprint density at radius 2 is 1.97 bits per heavy atom. The number of hydrogen-bond donors (Lipinski definition) is 3. The Hall–Kier alpha value is -2.53. The van der Waals surface area contributed by atoms with E-state index in [1.807, 2.05) is 0 Å². The van der Waals surface area contributed by atoms with Crippen LogP contribution in [-0.2, 0) is 10.0 Å². The number of aromatic nitrogens is 1. The van der Waals surface area contributed by atoms with E-state index in [1.165, 1.54) is 18.2 Å². The highest BCUT2D eigenvalue weighted by molar-refractivity contribution is 7.89. The van der Waals surface area contributed by atoms with E-state index in [4.69, 9.17) is 23.8 Å². The molecule has 7 nitrogen and oxygen atoms in total. The number of halogens is 2. The molecule has 1 aromatic heterocycles. The molecule has 1 fully saturated rings. The van der Waals surface area contributed by atoms with Gasteiger partial charge in [-0.05, 0) is 61.5 Å². The summed E-state index contributed by atoms with van der Waals surface area (Å²) < 4.78 is 40.8. The van der Waals surface area contributed by atoms with Gasteiger partial charge in [0, 0.05) is 41.4 Å². The third-order valence-corrected chi connectivity index (χ3v) is 7.56. The van der Waals surface area contributed by atoms with Crippen molar-refractivity contribution in [3.05, 3.63) is 59.0 Å². The fraction of sp³-hybridized carbons (Fsp3) is 0.238. The molecule has 0 amide bonds. The highest BCUT2D eigenvalue weighted by atomic mass is 35.5. The van der Waals surface area contributed by atoms with Crippen LogP contribution in [0.4, 0.5) is 10.1 Å². The minimum atomic E-state index is -3.53. The molecule has 32 heavy (non-hydrogen) atoms. The van der Waals surface area contributed by atoms with Crippen molar-refractivity contribution in [2.24, 2.45) is 5.10 Å². The molecule has 2 aromatic carbocycles. The zero-order valence-corrected chi connectivity index (χ0v) is 19.3. The van der Waals surface area contributed by atoms with E-state index in [1.54, 1.807) is 34.9 Å². The molecule has 0 bridgehead atoms. The highest BCUT2D eigenvalue weighted by Gasteiger charge is 2.26. The summed E-state index contributed by atoms with van der Waals surface area (Å²) in [6.45, 7) is 1.10. The minimum Gasteiger partial charge on any atom is -0.361 e. The smallest absolute Gasteiger partial charge is 0.243 e. The largest absolute Gasteiger partial charge is 0.361 e. The molecule has 3 N–H and O–H groups in total. The summed E-state index contributed by atoms with van der Waals surface area (Å²) in [6.07, 6.45) is 6.10. The molecule has 3 aromatic rings. The van der Waals surface area contributed by atoms with Crippen LogP contribution in [-0.4, -0.2) is 42.1 Å². The first-order valence-electron chi connectivity index (χ1n) is 10.0. The molecule has 1 saturated heterocycles. The van der Waals surface area contributed by atoms with Crippen molar-refractivity contribution in [2.45, 2.75) is 24.2 Å². The number of hydrogen-bond acceptors (Lipinski definition) is 4. The lowest BCUT2D eigenvalue weighted by atomic mass is 10.2. The molecular weight excluding hydrogens is 473 g/mol. The number of benzene rings is 2. The summed E-state index contributed by atoms with van der Waals surface area (Å²) in [7, 11) is -3.53. The summed E-state index contributed by atoms with van der Waals surface area (Å²) in [6, 6.07) is 9.18. The number of fused-ring (bicyclic) bond motifs is 1. The number of H-pyrrole nitrogens is 1. The fourth-order valence-corrected chi connectivity index (χ4v) is 5.43. The quantitative estimate of drug-likeness (QED) is 0.277. The molecule has 1 aliphatic rings. The topological polar surface area (TPSA) is 89.6 Å². The number of rotatable bonds is 5. The molecule has 168 valence electrons.